The van der Waals surface area contributed by atoms with E-state index in [0.29, 0.717) is 43.7 Å². The molecule has 0 radical (unpaired) electrons. The average Bonchev–Trinajstić information content (AvgIpc) is 3.49. The van der Waals surface area contributed by atoms with Crippen molar-refractivity contribution in [2.24, 2.45) is 0 Å². The number of ether oxygens (including phenoxy) is 1. The van der Waals surface area contributed by atoms with E-state index in [-0.39, 0.29) is 10.8 Å². The second-order valence-electron chi connectivity index (χ2n) is 9.00. The lowest BCUT2D eigenvalue weighted by Gasteiger charge is -2.21. The van der Waals surface area contributed by atoms with Crippen LogP contribution >= 0.6 is 0 Å². The Morgan fingerprint density at radius 2 is 1.94 bits per heavy atom. The molecule has 5 rings (SSSR count). The van der Waals surface area contributed by atoms with Gasteiger partial charge in [0.05, 0.1) is 30.7 Å². The van der Waals surface area contributed by atoms with Gasteiger partial charge in [0.2, 0.25) is 21.8 Å². The molecule has 12 nitrogen and oxygen atoms in total. The molecule has 0 spiro atoms. The molecule has 4 N–H and O–H groups in total. The summed E-state index contributed by atoms with van der Waals surface area (Å²) in [5, 5.41) is 6.84. The number of hydrogen-bond donors (Lipinski definition) is 4. The number of carbonyl (C=O) groups is 2. The number of anilines is 1. The Balaban J connectivity index is 1.45. The predicted octanol–water partition coefficient (Wildman–Crippen LogP) is 1.40. The van der Waals surface area contributed by atoms with E-state index in [1.807, 2.05) is 10.8 Å². The smallest absolute Gasteiger partial charge is 0.331 e. The van der Waals surface area contributed by atoms with Gasteiger partial charge in [-0.15, -0.1) is 0 Å². The van der Waals surface area contributed by atoms with E-state index < -0.39 is 37.8 Å². The van der Waals surface area contributed by atoms with Crippen molar-refractivity contribution in [1.82, 2.24) is 19.2 Å². The first kappa shape index (κ1) is 23.6. The Bertz CT molecular complexity index is 1450. The number of nitrogens with zero attached hydrogens (tertiary/aromatic N) is 2. The lowest BCUT2D eigenvalue weighted by atomic mass is 9.93. The number of benzene rings is 1. The molecule has 2 aliphatic carbocycles. The summed E-state index contributed by atoms with van der Waals surface area (Å²) in [6, 6.07) is 1.16. The molecule has 1 aromatic carbocycles. The Hall–Kier alpha value is -3.13. The molecule has 0 saturated heterocycles. The van der Waals surface area contributed by atoms with E-state index in [2.05, 4.69) is 15.1 Å². The van der Waals surface area contributed by atoms with E-state index in [1.165, 1.54) is 10.9 Å². The van der Waals surface area contributed by atoms with Gasteiger partial charge in [-0.3, -0.25) is 9.52 Å². The maximum absolute atomic E-state index is 13.1. The maximum atomic E-state index is 13.1. The number of sulfonamides is 1. The van der Waals surface area contributed by atoms with Crippen LogP contribution in [-0.4, -0.2) is 47.2 Å². The molecule has 1 aliphatic heterocycles. The van der Waals surface area contributed by atoms with Gasteiger partial charge in [0.25, 0.3) is 0 Å². The third-order valence-electron chi connectivity index (χ3n) is 6.48. The van der Waals surface area contributed by atoms with Crippen LogP contribution in [0.5, 0.6) is 5.88 Å². The topological polar surface area (TPSA) is 172 Å². The monoisotopic (exact) mass is 522 g/mol. The van der Waals surface area contributed by atoms with Crippen molar-refractivity contribution in [3.63, 3.8) is 0 Å². The fraction of sp³-hybridized carbons (Fsp3) is 0.476. The highest BCUT2D eigenvalue weighted by molar-refractivity contribution is 7.91. The summed E-state index contributed by atoms with van der Waals surface area (Å²) in [5.41, 5.74) is 3.82. The van der Waals surface area contributed by atoms with E-state index in [4.69, 9.17) is 9.52 Å². The number of carbonyl (C=O) groups excluding carboxylic acids is 2. The molecule has 3 amide bonds. The first-order valence-electron chi connectivity index (χ1n) is 11.3. The van der Waals surface area contributed by atoms with Crippen LogP contribution in [0.1, 0.15) is 47.4 Å². The van der Waals surface area contributed by atoms with E-state index in [0.717, 1.165) is 42.2 Å². The molecule has 2 aromatic rings. The van der Waals surface area contributed by atoms with Crippen LogP contribution < -0.4 is 19.5 Å². The minimum atomic E-state index is -3.79. The number of aryl methyl sites for hydroxylation is 3. The maximum Gasteiger partial charge on any atom is 0.331 e. The zero-order valence-electron chi connectivity index (χ0n) is 19.0. The van der Waals surface area contributed by atoms with Crippen LogP contribution in [0.3, 0.4) is 0 Å². The van der Waals surface area contributed by atoms with Crippen LogP contribution in [0.2, 0.25) is 0 Å². The average molecular weight is 523 g/mol. The van der Waals surface area contributed by atoms with Crippen molar-refractivity contribution in [3.8, 4) is 5.88 Å². The van der Waals surface area contributed by atoms with Crippen molar-refractivity contribution in [1.29, 1.82) is 4.78 Å². The molecule has 35 heavy (non-hydrogen) atoms. The van der Waals surface area contributed by atoms with Gasteiger partial charge in [-0.05, 0) is 54.4 Å². The van der Waals surface area contributed by atoms with Gasteiger partial charge in [-0.25, -0.2) is 31.6 Å². The number of nitrogens with one attached hydrogen (secondary N) is 4. The molecule has 2 atom stereocenters. The SMILES string of the molecule is CS(=O)(=O)NC(=O)C1CCc2cc3c(c(NC(=O)NS(=N)(=O)c4cnn5c4OCCC5)c21)CCC3. The predicted molar refractivity (Wildman–Crippen MR) is 126 cm³/mol. The Morgan fingerprint density at radius 1 is 1.14 bits per heavy atom. The molecule has 0 saturated carbocycles. The Morgan fingerprint density at radius 3 is 2.71 bits per heavy atom. The number of hydrogen-bond acceptors (Lipinski definition) is 8. The lowest BCUT2D eigenvalue weighted by molar-refractivity contribution is -0.120. The van der Waals surface area contributed by atoms with Crippen molar-refractivity contribution >= 4 is 37.6 Å². The number of urea groups is 1. The lowest BCUT2D eigenvalue weighted by Crippen LogP contribution is -2.36. The zero-order valence-corrected chi connectivity index (χ0v) is 20.7. The fourth-order valence-corrected chi connectivity index (χ4v) is 6.63. The van der Waals surface area contributed by atoms with Crippen molar-refractivity contribution in [2.75, 3.05) is 18.2 Å². The van der Waals surface area contributed by atoms with E-state index in [1.54, 1.807) is 0 Å². The molecule has 14 heteroatoms. The molecule has 2 unspecified atom stereocenters. The molecular weight excluding hydrogens is 496 g/mol. The molecule has 1 aromatic heterocycles. The zero-order chi connectivity index (χ0) is 25.0. The van der Waals surface area contributed by atoms with Gasteiger partial charge >= 0.3 is 6.03 Å². The largest absolute Gasteiger partial charge is 0.477 e. The summed E-state index contributed by atoms with van der Waals surface area (Å²) < 4.78 is 56.1. The summed E-state index contributed by atoms with van der Waals surface area (Å²) in [4.78, 5) is 25.8. The van der Waals surface area contributed by atoms with Crippen LogP contribution in [0, 0.1) is 4.78 Å². The molecule has 0 bridgehead atoms. The fourth-order valence-electron chi connectivity index (χ4n) is 5.10. The second-order valence-corrected chi connectivity index (χ2v) is 12.5. The van der Waals surface area contributed by atoms with Gasteiger partial charge < -0.3 is 10.1 Å². The highest BCUT2D eigenvalue weighted by Crippen LogP contribution is 2.44. The Kier molecular flexibility index (Phi) is 5.74. The summed E-state index contributed by atoms with van der Waals surface area (Å²) in [6.07, 6.45) is 6.28. The van der Waals surface area contributed by atoms with Crippen molar-refractivity contribution < 1.29 is 27.0 Å². The summed E-state index contributed by atoms with van der Waals surface area (Å²) >= 11 is 0. The van der Waals surface area contributed by atoms with E-state index in [9.17, 15) is 22.2 Å². The van der Waals surface area contributed by atoms with Gasteiger partial charge in [-0.1, -0.05) is 6.07 Å². The minimum absolute atomic E-state index is 0.0127. The number of amides is 3. The minimum Gasteiger partial charge on any atom is -0.477 e. The van der Waals surface area contributed by atoms with Crippen LogP contribution in [0.4, 0.5) is 10.5 Å². The quantitative estimate of drug-likeness (QED) is 0.459. The van der Waals surface area contributed by atoms with Gasteiger partial charge in [0, 0.05) is 13.0 Å². The second kappa shape index (κ2) is 8.52. The van der Waals surface area contributed by atoms with Crippen LogP contribution in [-0.2, 0) is 50.5 Å². The third kappa shape index (κ3) is 4.47. The number of fused-ring (bicyclic) bond motifs is 3. The summed E-state index contributed by atoms with van der Waals surface area (Å²) in [7, 11) is -7.54. The Labute approximate surface area is 203 Å². The summed E-state index contributed by atoms with van der Waals surface area (Å²) in [5.74, 6) is -1.20. The standard InChI is InChI=1S/C21H26N6O6S2/c1-34(30,31)25-19(28)15-7-6-13-10-12-4-2-5-14(12)18(17(13)15)24-21(29)26-35(22,32)16-11-23-27-8-3-9-33-20(16)27/h10-11,15H,2-9H2,1H3,(H,25,28)(H3,22,24,26,29,32). The molecule has 2 heterocycles. The number of aromatic nitrogens is 2. The van der Waals surface area contributed by atoms with Crippen LogP contribution in [0.25, 0.3) is 0 Å². The molecular formula is C21H26N6O6S2. The molecule has 188 valence electrons. The van der Waals surface area contributed by atoms with Gasteiger partial charge in [0.1, 0.15) is 4.90 Å². The van der Waals surface area contributed by atoms with Gasteiger partial charge in [0.15, 0.2) is 9.92 Å². The van der Waals surface area contributed by atoms with Crippen molar-refractivity contribution in [3.05, 3.63) is 34.5 Å². The normalized spacial score (nSPS) is 20.1. The highest BCUT2D eigenvalue weighted by atomic mass is 32.2. The first-order chi connectivity index (χ1) is 16.5. The first-order valence-corrected chi connectivity index (χ1v) is 14.7. The van der Waals surface area contributed by atoms with E-state index >= 15 is 0 Å². The van der Waals surface area contributed by atoms with Crippen LogP contribution in [0.15, 0.2) is 17.2 Å². The molecule has 3 aliphatic rings. The van der Waals surface area contributed by atoms with Crippen molar-refractivity contribution in [2.45, 2.75) is 55.9 Å². The van der Waals surface area contributed by atoms with Gasteiger partial charge in [-0.2, -0.15) is 5.10 Å². The molecule has 0 fully saturated rings. The number of rotatable bonds is 5. The third-order valence-corrected chi connectivity index (χ3v) is 8.42. The highest BCUT2D eigenvalue weighted by Gasteiger charge is 2.36. The summed E-state index contributed by atoms with van der Waals surface area (Å²) in [6.45, 7) is 0.968.